The Morgan fingerprint density at radius 1 is 0.920 bits per heavy atom. The lowest BCUT2D eigenvalue weighted by Crippen LogP contribution is -2.56. The monoisotopic (exact) mass is 350 g/mol. The average molecular weight is 351 g/mol. The first kappa shape index (κ1) is 22.4. The van der Waals surface area contributed by atoms with Crippen molar-refractivity contribution in [1.82, 2.24) is 0 Å². The zero-order chi connectivity index (χ0) is 18.2. The predicted octanol–water partition coefficient (Wildman–Crippen LogP) is 5.80. The Kier molecular flexibility index (Phi) is 13.0. The van der Waals surface area contributed by atoms with Crippen LogP contribution >= 0.6 is 0 Å². The average Bonchev–Trinajstić information content (AvgIpc) is 3.08. The van der Waals surface area contributed by atoms with Gasteiger partial charge in [-0.2, -0.15) is 0 Å². The van der Waals surface area contributed by atoms with Gasteiger partial charge in [-0.3, -0.25) is 10.2 Å². The highest BCUT2D eigenvalue weighted by atomic mass is 15.4. The highest BCUT2D eigenvalue weighted by Gasteiger charge is 2.31. The molecule has 1 aliphatic heterocycles. The van der Waals surface area contributed by atoms with E-state index in [-0.39, 0.29) is 6.17 Å². The van der Waals surface area contributed by atoms with Crippen molar-refractivity contribution >= 4 is 6.34 Å². The van der Waals surface area contributed by atoms with Crippen molar-refractivity contribution in [2.45, 2.75) is 103 Å². The largest absolute Gasteiger partial charge is 0.281 e. The van der Waals surface area contributed by atoms with Gasteiger partial charge < -0.3 is 0 Å². The van der Waals surface area contributed by atoms with Crippen LogP contribution in [0.4, 0.5) is 0 Å². The lowest BCUT2D eigenvalue weighted by atomic mass is 10.0. The van der Waals surface area contributed by atoms with Crippen LogP contribution in [0.25, 0.3) is 0 Å². The van der Waals surface area contributed by atoms with Crippen molar-refractivity contribution in [2.75, 3.05) is 19.6 Å². The van der Waals surface area contributed by atoms with Crippen LogP contribution in [0.3, 0.4) is 0 Å². The third-order valence-corrected chi connectivity index (χ3v) is 5.60. The summed E-state index contributed by atoms with van der Waals surface area (Å²) in [6, 6.07) is 0. The van der Waals surface area contributed by atoms with Gasteiger partial charge in [-0.1, -0.05) is 83.6 Å². The van der Waals surface area contributed by atoms with Crippen LogP contribution in [0.5, 0.6) is 0 Å². The molecule has 0 fully saturated rings. The van der Waals surface area contributed by atoms with E-state index in [2.05, 4.69) is 37.3 Å². The number of nitrogens with two attached hydrogens (primary N) is 1. The zero-order valence-corrected chi connectivity index (χ0v) is 17.1. The maximum absolute atomic E-state index is 6.14. The van der Waals surface area contributed by atoms with E-state index in [4.69, 9.17) is 5.73 Å². The summed E-state index contributed by atoms with van der Waals surface area (Å²) >= 11 is 0. The molecular formula is C22H44N3+. The van der Waals surface area contributed by atoms with Gasteiger partial charge in [0, 0.05) is 6.92 Å². The quantitative estimate of drug-likeness (QED) is 0.213. The van der Waals surface area contributed by atoms with Crippen LogP contribution < -0.4 is 5.73 Å². The van der Waals surface area contributed by atoms with Crippen LogP contribution in [-0.4, -0.2) is 36.6 Å². The first-order valence-corrected chi connectivity index (χ1v) is 11.0. The number of unbranched alkanes of at least 4 members (excludes halogenated alkanes) is 12. The highest BCUT2D eigenvalue weighted by molar-refractivity contribution is 5.48. The molecule has 2 atom stereocenters. The summed E-state index contributed by atoms with van der Waals surface area (Å²) in [7, 11) is 0. The predicted molar refractivity (Wildman–Crippen MR) is 112 cm³/mol. The van der Waals surface area contributed by atoms with Gasteiger partial charge in [-0.05, 0) is 18.9 Å². The molecule has 0 aromatic carbocycles. The number of hydrogen-bond acceptors (Lipinski definition) is 2. The van der Waals surface area contributed by atoms with E-state index in [1.807, 2.05) is 0 Å². The van der Waals surface area contributed by atoms with Crippen molar-refractivity contribution in [1.29, 1.82) is 0 Å². The molecule has 0 spiro atoms. The summed E-state index contributed by atoms with van der Waals surface area (Å²) in [5.41, 5.74) is 6.14. The van der Waals surface area contributed by atoms with Gasteiger partial charge in [-0.25, -0.2) is 4.99 Å². The van der Waals surface area contributed by atoms with Gasteiger partial charge in [-0.15, -0.1) is 0 Å². The van der Waals surface area contributed by atoms with Crippen molar-refractivity contribution in [2.24, 2.45) is 10.7 Å². The molecule has 2 N–H and O–H groups in total. The molecule has 3 heteroatoms. The van der Waals surface area contributed by atoms with Crippen LogP contribution in [0, 0.1) is 0 Å². The van der Waals surface area contributed by atoms with Gasteiger partial charge >= 0.3 is 0 Å². The summed E-state index contributed by atoms with van der Waals surface area (Å²) in [6.45, 7) is 7.36. The molecule has 0 saturated heterocycles. The third kappa shape index (κ3) is 10.2. The second-order valence-electron chi connectivity index (χ2n) is 7.92. The number of aliphatic imine (C=N–C) groups is 1. The maximum Gasteiger partial charge on any atom is 0.187 e. The molecule has 3 nitrogen and oxygen atoms in total. The van der Waals surface area contributed by atoms with Crippen molar-refractivity contribution in [3.05, 3.63) is 12.2 Å². The lowest BCUT2D eigenvalue weighted by Gasteiger charge is -2.32. The topological polar surface area (TPSA) is 38.4 Å². The molecule has 0 amide bonds. The standard InChI is InChI=1S/C22H44N3/c1-3-4-5-6-7-8-9-10-11-12-13-14-15-16-17-19-25(22(2)23)20-18-24-21-25/h16-17,21-22H,3-15,18-20,23H2,1-2H3/q+1. The maximum atomic E-state index is 6.14. The van der Waals surface area contributed by atoms with Crippen molar-refractivity contribution < 1.29 is 4.48 Å². The Morgan fingerprint density at radius 2 is 1.48 bits per heavy atom. The number of quaternary nitrogens is 1. The molecule has 0 bridgehead atoms. The van der Waals surface area contributed by atoms with E-state index in [0.717, 1.165) is 24.1 Å². The molecule has 1 heterocycles. The molecule has 146 valence electrons. The fraction of sp³-hybridized carbons (Fsp3) is 0.864. The second kappa shape index (κ2) is 14.5. The fourth-order valence-electron chi connectivity index (χ4n) is 3.63. The zero-order valence-electron chi connectivity index (χ0n) is 17.1. The fourth-order valence-corrected chi connectivity index (χ4v) is 3.63. The molecule has 0 radical (unpaired) electrons. The van der Waals surface area contributed by atoms with Gasteiger partial charge in [0.25, 0.3) is 0 Å². The smallest absolute Gasteiger partial charge is 0.187 e. The minimum absolute atomic E-state index is 0.141. The van der Waals surface area contributed by atoms with E-state index < -0.39 is 0 Å². The Labute approximate surface area is 157 Å². The molecule has 2 unspecified atom stereocenters. The molecule has 25 heavy (non-hydrogen) atoms. The minimum Gasteiger partial charge on any atom is -0.281 e. The van der Waals surface area contributed by atoms with Crippen molar-refractivity contribution in [3.63, 3.8) is 0 Å². The minimum atomic E-state index is 0.141. The summed E-state index contributed by atoms with van der Waals surface area (Å²) in [6.07, 6.45) is 25.1. The molecule has 0 aromatic rings. The molecule has 1 rings (SSSR count). The van der Waals surface area contributed by atoms with Crippen molar-refractivity contribution in [3.8, 4) is 0 Å². The van der Waals surface area contributed by atoms with Crippen LogP contribution in [0.1, 0.15) is 97.3 Å². The number of hydrogen-bond donors (Lipinski definition) is 1. The van der Waals surface area contributed by atoms with E-state index in [1.54, 1.807) is 0 Å². The van der Waals surface area contributed by atoms with Crippen LogP contribution in [0.2, 0.25) is 0 Å². The third-order valence-electron chi connectivity index (χ3n) is 5.60. The second-order valence-corrected chi connectivity index (χ2v) is 7.92. The molecular weight excluding hydrogens is 306 g/mol. The summed E-state index contributed by atoms with van der Waals surface area (Å²) < 4.78 is 0.828. The van der Waals surface area contributed by atoms with Gasteiger partial charge in [0.2, 0.25) is 0 Å². The Hall–Kier alpha value is -0.670. The first-order valence-electron chi connectivity index (χ1n) is 11.0. The van der Waals surface area contributed by atoms with Crippen LogP contribution in [-0.2, 0) is 0 Å². The number of allylic oxidation sites excluding steroid dienone is 1. The number of rotatable bonds is 16. The Bertz CT molecular complexity index is 362. The molecule has 0 aliphatic carbocycles. The summed E-state index contributed by atoms with van der Waals surface area (Å²) in [5.74, 6) is 0. The van der Waals surface area contributed by atoms with Gasteiger partial charge in [0.1, 0.15) is 19.3 Å². The molecule has 0 saturated carbocycles. The molecule has 1 aliphatic rings. The van der Waals surface area contributed by atoms with E-state index in [9.17, 15) is 0 Å². The van der Waals surface area contributed by atoms with Gasteiger partial charge in [0.05, 0.1) is 6.54 Å². The SMILES string of the molecule is CCCCCCCCCCCCCCC=CC[N+]1(C(C)N)C=NCC1. The van der Waals surface area contributed by atoms with Crippen LogP contribution in [0.15, 0.2) is 17.1 Å². The van der Waals surface area contributed by atoms with E-state index in [1.165, 1.54) is 83.5 Å². The van der Waals surface area contributed by atoms with Gasteiger partial charge in [0.15, 0.2) is 6.34 Å². The number of nitrogens with zero attached hydrogens (tertiary/aromatic N) is 2. The normalized spacial score (nSPS) is 21.4. The van der Waals surface area contributed by atoms with E-state index >= 15 is 0 Å². The summed E-state index contributed by atoms with van der Waals surface area (Å²) in [5, 5.41) is 0. The lowest BCUT2D eigenvalue weighted by molar-refractivity contribution is -0.846. The molecule has 0 aromatic heterocycles. The van der Waals surface area contributed by atoms with E-state index in [0.29, 0.717) is 0 Å². The summed E-state index contributed by atoms with van der Waals surface area (Å²) in [4.78, 5) is 4.38. The highest BCUT2D eigenvalue weighted by Crippen LogP contribution is 2.14. The first-order chi connectivity index (χ1) is 12.2. The Balaban J connectivity index is 1.88. The Morgan fingerprint density at radius 3 is 1.96 bits per heavy atom.